The second-order valence-corrected chi connectivity index (χ2v) is 7.38. The van der Waals surface area contributed by atoms with Gasteiger partial charge in [-0.25, -0.2) is 0 Å². The molecular formula is C19H26N2O3. The Morgan fingerprint density at radius 2 is 2.12 bits per heavy atom. The molecule has 2 heterocycles. The van der Waals surface area contributed by atoms with Gasteiger partial charge in [0.1, 0.15) is 5.75 Å². The number of likely N-dealkylation sites (tertiary alicyclic amines) is 1. The van der Waals surface area contributed by atoms with E-state index < -0.39 is 0 Å². The van der Waals surface area contributed by atoms with Gasteiger partial charge >= 0.3 is 0 Å². The van der Waals surface area contributed by atoms with Gasteiger partial charge in [-0.05, 0) is 68.0 Å². The van der Waals surface area contributed by atoms with Crippen LogP contribution in [0, 0.1) is 5.92 Å². The number of amides is 1. The lowest BCUT2D eigenvalue weighted by Crippen LogP contribution is -2.44. The molecular weight excluding hydrogens is 304 g/mol. The molecule has 1 amide bonds. The molecule has 0 bridgehead atoms. The average molecular weight is 330 g/mol. The molecule has 2 N–H and O–H groups in total. The Labute approximate surface area is 143 Å². The first-order chi connectivity index (χ1) is 11.7. The molecule has 0 radical (unpaired) electrons. The van der Waals surface area contributed by atoms with Gasteiger partial charge in [-0.3, -0.25) is 9.69 Å². The largest absolute Gasteiger partial charge is 0.493 e. The van der Waals surface area contributed by atoms with Crippen molar-refractivity contribution >= 4 is 5.91 Å². The Balaban J connectivity index is 1.47. The van der Waals surface area contributed by atoms with Crippen LogP contribution in [0.3, 0.4) is 0 Å². The number of aliphatic hydroxyl groups excluding tert-OH is 1. The van der Waals surface area contributed by atoms with E-state index in [9.17, 15) is 9.90 Å². The topological polar surface area (TPSA) is 61.8 Å². The Bertz CT molecular complexity index is 607. The molecule has 2 aliphatic heterocycles. The van der Waals surface area contributed by atoms with Gasteiger partial charge in [-0.15, -0.1) is 0 Å². The maximum Gasteiger partial charge on any atom is 0.234 e. The van der Waals surface area contributed by atoms with Gasteiger partial charge in [0.05, 0.1) is 25.3 Å². The van der Waals surface area contributed by atoms with Crippen LogP contribution in [0.4, 0.5) is 0 Å². The minimum Gasteiger partial charge on any atom is -0.493 e. The van der Waals surface area contributed by atoms with Crippen molar-refractivity contribution in [2.24, 2.45) is 5.92 Å². The first-order valence-electron chi connectivity index (χ1n) is 9.14. The van der Waals surface area contributed by atoms with E-state index in [4.69, 9.17) is 4.74 Å². The van der Waals surface area contributed by atoms with E-state index in [0.717, 1.165) is 50.3 Å². The third kappa shape index (κ3) is 3.28. The smallest absolute Gasteiger partial charge is 0.234 e. The summed E-state index contributed by atoms with van der Waals surface area (Å²) in [5, 5.41) is 12.9. The van der Waals surface area contributed by atoms with Gasteiger partial charge in [-0.2, -0.15) is 0 Å². The predicted molar refractivity (Wildman–Crippen MR) is 90.9 cm³/mol. The summed E-state index contributed by atoms with van der Waals surface area (Å²) in [7, 11) is 0. The normalized spacial score (nSPS) is 27.2. The highest BCUT2D eigenvalue weighted by Crippen LogP contribution is 2.39. The van der Waals surface area contributed by atoms with Crippen molar-refractivity contribution in [3.63, 3.8) is 0 Å². The quantitative estimate of drug-likeness (QED) is 0.862. The van der Waals surface area contributed by atoms with Crippen molar-refractivity contribution in [1.29, 1.82) is 0 Å². The molecule has 5 nitrogen and oxygen atoms in total. The van der Waals surface area contributed by atoms with Gasteiger partial charge in [0.25, 0.3) is 0 Å². The number of carbonyl (C=O) groups excluding carboxylic acids is 1. The SMILES string of the molecule is O=C(CN1CCCC1)NC(c1ccc2c(c1)CCO2)C1CC(O)C1. The first-order valence-corrected chi connectivity index (χ1v) is 9.14. The number of aliphatic hydroxyl groups is 1. The van der Waals surface area contributed by atoms with E-state index in [1.807, 2.05) is 6.07 Å². The van der Waals surface area contributed by atoms with Crippen LogP contribution in [-0.4, -0.2) is 48.3 Å². The molecule has 1 aliphatic carbocycles. The van der Waals surface area contributed by atoms with E-state index in [1.54, 1.807) is 0 Å². The molecule has 5 heteroatoms. The second kappa shape index (κ2) is 6.73. The van der Waals surface area contributed by atoms with Gasteiger partial charge < -0.3 is 15.2 Å². The lowest BCUT2D eigenvalue weighted by atomic mass is 9.75. The van der Waals surface area contributed by atoms with Gasteiger partial charge in [0, 0.05) is 6.42 Å². The summed E-state index contributed by atoms with van der Waals surface area (Å²) in [6, 6.07) is 6.25. The molecule has 0 aromatic heterocycles. The van der Waals surface area contributed by atoms with Gasteiger partial charge in [0.15, 0.2) is 0 Å². The summed E-state index contributed by atoms with van der Waals surface area (Å²) in [6.45, 7) is 3.28. The Morgan fingerprint density at radius 3 is 2.88 bits per heavy atom. The fourth-order valence-electron chi connectivity index (χ4n) is 4.14. The third-order valence-corrected chi connectivity index (χ3v) is 5.58. The Kier molecular flexibility index (Phi) is 4.46. The zero-order valence-electron chi connectivity index (χ0n) is 14.0. The number of benzene rings is 1. The monoisotopic (exact) mass is 330 g/mol. The zero-order valence-corrected chi connectivity index (χ0v) is 14.0. The highest BCUT2D eigenvalue weighted by Gasteiger charge is 2.36. The van der Waals surface area contributed by atoms with Gasteiger partial charge in [0.2, 0.25) is 5.91 Å². The number of carbonyl (C=O) groups is 1. The summed E-state index contributed by atoms with van der Waals surface area (Å²) in [5.74, 6) is 1.39. The van der Waals surface area contributed by atoms with Crippen molar-refractivity contribution < 1.29 is 14.6 Å². The van der Waals surface area contributed by atoms with Crippen molar-refractivity contribution in [2.45, 2.75) is 44.2 Å². The zero-order chi connectivity index (χ0) is 16.5. The van der Waals surface area contributed by atoms with Crippen molar-refractivity contribution in [3.05, 3.63) is 29.3 Å². The standard InChI is InChI=1S/C19H26N2O3/c22-16-10-15(11-16)19(20-18(23)12-21-6-1-2-7-21)14-3-4-17-13(9-14)5-8-24-17/h3-4,9,15-16,19,22H,1-2,5-8,10-12H2,(H,20,23). The number of hydrogen-bond acceptors (Lipinski definition) is 4. The third-order valence-electron chi connectivity index (χ3n) is 5.58. The lowest BCUT2D eigenvalue weighted by molar-refractivity contribution is -0.124. The van der Waals surface area contributed by atoms with Crippen LogP contribution in [0.1, 0.15) is 42.9 Å². The number of nitrogens with zero attached hydrogens (tertiary/aromatic N) is 1. The summed E-state index contributed by atoms with van der Waals surface area (Å²) >= 11 is 0. The molecule has 1 saturated heterocycles. The molecule has 0 spiro atoms. The molecule has 2 fully saturated rings. The number of rotatable bonds is 5. The van der Waals surface area contributed by atoms with E-state index >= 15 is 0 Å². The second-order valence-electron chi connectivity index (χ2n) is 7.38. The number of ether oxygens (including phenoxy) is 1. The van der Waals surface area contributed by atoms with Gasteiger partial charge in [-0.1, -0.05) is 6.07 Å². The molecule has 1 atom stereocenters. The van der Waals surface area contributed by atoms with E-state index in [-0.39, 0.29) is 18.1 Å². The number of nitrogens with one attached hydrogen (secondary N) is 1. The van der Waals surface area contributed by atoms with Crippen LogP contribution in [0.25, 0.3) is 0 Å². The molecule has 1 aromatic carbocycles. The molecule has 1 aromatic rings. The van der Waals surface area contributed by atoms with E-state index in [1.165, 1.54) is 18.4 Å². The highest BCUT2D eigenvalue weighted by atomic mass is 16.5. The van der Waals surface area contributed by atoms with Crippen LogP contribution in [0.15, 0.2) is 18.2 Å². The van der Waals surface area contributed by atoms with Crippen LogP contribution < -0.4 is 10.1 Å². The van der Waals surface area contributed by atoms with E-state index in [0.29, 0.717) is 12.5 Å². The highest BCUT2D eigenvalue weighted by molar-refractivity contribution is 5.78. The summed E-state index contributed by atoms with van der Waals surface area (Å²) < 4.78 is 5.59. The van der Waals surface area contributed by atoms with Crippen molar-refractivity contribution in [1.82, 2.24) is 10.2 Å². The molecule has 1 unspecified atom stereocenters. The number of fused-ring (bicyclic) bond motifs is 1. The Hall–Kier alpha value is -1.59. The lowest BCUT2D eigenvalue weighted by Gasteiger charge is -2.38. The van der Waals surface area contributed by atoms with Crippen LogP contribution in [0.2, 0.25) is 0 Å². The predicted octanol–water partition coefficient (Wildman–Crippen LogP) is 1.65. The molecule has 3 aliphatic rings. The molecule has 24 heavy (non-hydrogen) atoms. The summed E-state index contributed by atoms with van der Waals surface area (Å²) in [4.78, 5) is 14.7. The minimum atomic E-state index is -0.217. The van der Waals surface area contributed by atoms with Crippen molar-refractivity contribution in [3.8, 4) is 5.75 Å². The average Bonchev–Trinajstić information content (AvgIpc) is 3.20. The van der Waals surface area contributed by atoms with Crippen molar-refractivity contribution in [2.75, 3.05) is 26.2 Å². The maximum atomic E-state index is 12.5. The summed E-state index contributed by atoms with van der Waals surface area (Å²) in [5.41, 5.74) is 2.37. The van der Waals surface area contributed by atoms with Crippen LogP contribution >= 0.6 is 0 Å². The number of hydrogen-bond donors (Lipinski definition) is 2. The first kappa shape index (κ1) is 15.9. The van der Waals surface area contributed by atoms with E-state index in [2.05, 4.69) is 22.3 Å². The maximum absolute atomic E-state index is 12.5. The fourth-order valence-corrected chi connectivity index (χ4v) is 4.14. The fraction of sp³-hybridized carbons (Fsp3) is 0.632. The summed E-state index contributed by atoms with van der Waals surface area (Å²) in [6.07, 6.45) is 4.63. The molecule has 4 rings (SSSR count). The minimum absolute atomic E-state index is 0.00518. The molecule has 1 saturated carbocycles. The van der Waals surface area contributed by atoms with Crippen LogP contribution in [-0.2, 0) is 11.2 Å². The van der Waals surface area contributed by atoms with Crippen LogP contribution in [0.5, 0.6) is 5.75 Å². The molecule has 130 valence electrons. The Morgan fingerprint density at radius 1 is 1.33 bits per heavy atom.